The minimum absolute atomic E-state index is 0.384. The molecular formula is C11H23F3N4O. The number of oxime groups is 1. The molecule has 0 aromatic carbocycles. The van der Waals surface area contributed by atoms with E-state index in [0.717, 1.165) is 13.0 Å². The third-order valence-electron chi connectivity index (χ3n) is 2.96. The van der Waals surface area contributed by atoms with Crippen LogP contribution in [0.5, 0.6) is 0 Å². The predicted octanol–water partition coefficient (Wildman–Crippen LogP) is 1.23. The van der Waals surface area contributed by atoms with E-state index < -0.39 is 17.9 Å². The van der Waals surface area contributed by atoms with Crippen LogP contribution in [0.2, 0.25) is 0 Å². The van der Waals surface area contributed by atoms with Crippen molar-refractivity contribution in [3.8, 4) is 0 Å². The molecule has 0 fully saturated rings. The molecule has 4 N–H and O–H groups in total. The Morgan fingerprint density at radius 2 is 2.00 bits per heavy atom. The molecule has 8 heteroatoms. The van der Waals surface area contributed by atoms with Gasteiger partial charge in [0, 0.05) is 12.6 Å². The van der Waals surface area contributed by atoms with E-state index in [-0.39, 0.29) is 6.54 Å². The summed E-state index contributed by atoms with van der Waals surface area (Å²) in [5, 5.41) is 13.4. The molecule has 0 amide bonds. The summed E-state index contributed by atoms with van der Waals surface area (Å²) in [7, 11) is 1.96. The molecule has 0 bridgehead atoms. The number of nitrogens with zero attached hydrogens (tertiary/aromatic N) is 2. The summed E-state index contributed by atoms with van der Waals surface area (Å²) >= 11 is 0. The number of hydrogen-bond acceptors (Lipinski definition) is 4. The molecule has 5 nitrogen and oxygen atoms in total. The molecule has 1 atom stereocenters. The van der Waals surface area contributed by atoms with E-state index in [0.29, 0.717) is 12.6 Å². The number of alkyl halides is 3. The lowest BCUT2D eigenvalue weighted by Gasteiger charge is -2.22. The van der Waals surface area contributed by atoms with Gasteiger partial charge in [-0.2, -0.15) is 13.2 Å². The van der Waals surface area contributed by atoms with Gasteiger partial charge >= 0.3 is 6.18 Å². The minimum atomic E-state index is -4.52. The molecule has 0 aliphatic heterocycles. The van der Waals surface area contributed by atoms with Crippen LogP contribution in [0, 0.1) is 5.92 Å². The SMILES string of the molecule is CC(C)N(C)CCCNCC(C(N)=NO)C(F)(F)F. The molecule has 114 valence electrons. The van der Waals surface area contributed by atoms with Crippen LogP contribution in [0.1, 0.15) is 20.3 Å². The van der Waals surface area contributed by atoms with E-state index in [9.17, 15) is 13.2 Å². The van der Waals surface area contributed by atoms with Crippen LogP contribution in [-0.2, 0) is 0 Å². The van der Waals surface area contributed by atoms with E-state index in [4.69, 9.17) is 10.9 Å². The Morgan fingerprint density at radius 3 is 2.42 bits per heavy atom. The Morgan fingerprint density at radius 1 is 1.42 bits per heavy atom. The molecule has 0 aromatic rings. The lowest BCUT2D eigenvalue weighted by Crippen LogP contribution is -2.43. The summed E-state index contributed by atoms with van der Waals surface area (Å²) in [6, 6.07) is 0.403. The fourth-order valence-corrected chi connectivity index (χ4v) is 1.42. The van der Waals surface area contributed by atoms with Gasteiger partial charge in [-0.25, -0.2) is 0 Å². The number of rotatable bonds is 8. The van der Waals surface area contributed by atoms with Crippen LogP contribution in [0.25, 0.3) is 0 Å². The van der Waals surface area contributed by atoms with Crippen molar-refractivity contribution >= 4 is 5.84 Å². The molecule has 0 rings (SSSR count). The summed E-state index contributed by atoms with van der Waals surface area (Å²) in [5.74, 6) is -2.78. The maximum Gasteiger partial charge on any atom is 0.400 e. The molecule has 0 aromatic heterocycles. The van der Waals surface area contributed by atoms with Crippen molar-refractivity contribution < 1.29 is 18.4 Å². The molecule has 0 saturated carbocycles. The highest BCUT2D eigenvalue weighted by atomic mass is 19.4. The van der Waals surface area contributed by atoms with Crippen molar-refractivity contribution in [3.63, 3.8) is 0 Å². The van der Waals surface area contributed by atoms with Crippen LogP contribution in [0.15, 0.2) is 5.16 Å². The van der Waals surface area contributed by atoms with Crippen LogP contribution in [-0.4, -0.2) is 54.8 Å². The van der Waals surface area contributed by atoms with Crippen molar-refractivity contribution in [3.05, 3.63) is 0 Å². The van der Waals surface area contributed by atoms with E-state index in [1.807, 2.05) is 20.9 Å². The molecule has 0 spiro atoms. The lowest BCUT2D eigenvalue weighted by atomic mass is 10.1. The van der Waals surface area contributed by atoms with E-state index in [1.165, 1.54) is 0 Å². The van der Waals surface area contributed by atoms with Gasteiger partial charge in [-0.15, -0.1) is 0 Å². The molecule has 0 aliphatic rings. The topological polar surface area (TPSA) is 73.9 Å². The van der Waals surface area contributed by atoms with E-state index >= 15 is 0 Å². The molecule has 0 heterocycles. The van der Waals surface area contributed by atoms with Gasteiger partial charge in [0.25, 0.3) is 0 Å². The number of amidine groups is 1. The Bertz CT molecular complexity index is 282. The third kappa shape index (κ3) is 7.22. The van der Waals surface area contributed by atoms with E-state index in [2.05, 4.69) is 15.4 Å². The summed E-state index contributed by atoms with van der Waals surface area (Å²) in [5.41, 5.74) is 5.04. The van der Waals surface area contributed by atoms with Crippen LogP contribution < -0.4 is 11.1 Å². The quantitative estimate of drug-likeness (QED) is 0.206. The largest absolute Gasteiger partial charge is 0.409 e. The number of halogens is 3. The second-order valence-corrected chi connectivity index (χ2v) is 4.75. The third-order valence-corrected chi connectivity index (χ3v) is 2.96. The molecule has 0 saturated heterocycles. The second kappa shape index (κ2) is 8.21. The maximum absolute atomic E-state index is 12.6. The highest BCUT2D eigenvalue weighted by Crippen LogP contribution is 2.25. The minimum Gasteiger partial charge on any atom is -0.409 e. The van der Waals surface area contributed by atoms with Crippen LogP contribution >= 0.6 is 0 Å². The molecule has 19 heavy (non-hydrogen) atoms. The fourth-order valence-electron chi connectivity index (χ4n) is 1.42. The Hall–Kier alpha value is -1.02. The maximum atomic E-state index is 12.6. The van der Waals surface area contributed by atoms with Crippen molar-refractivity contribution in [2.45, 2.75) is 32.5 Å². The molecule has 0 radical (unpaired) electrons. The van der Waals surface area contributed by atoms with Gasteiger partial charge in [0.1, 0.15) is 5.92 Å². The summed E-state index contributed by atoms with van der Waals surface area (Å²) in [6.45, 7) is 4.95. The smallest absolute Gasteiger partial charge is 0.400 e. The second-order valence-electron chi connectivity index (χ2n) is 4.75. The van der Waals surface area contributed by atoms with Crippen LogP contribution in [0.3, 0.4) is 0 Å². The van der Waals surface area contributed by atoms with Gasteiger partial charge in [0.15, 0.2) is 5.84 Å². The number of nitrogens with one attached hydrogen (secondary N) is 1. The monoisotopic (exact) mass is 284 g/mol. The van der Waals surface area contributed by atoms with Crippen molar-refractivity contribution in [1.29, 1.82) is 0 Å². The number of nitrogens with two attached hydrogens (primary N) is 1. The standard InChI is InChI=1S/C11H23F3N4O/c1-8(2)18(3)6-4-5-16-7-9(10(15)17-19)11(12,13)14/h8-9,16,19H,4-7H2,1-3H3,(H2,15,17). The van der Waals surface area contributed by atoms with Gasteiger partial charge in [-0.05, 0) is 40.4 Å². The summed E-state index contributed by atoms with van der Waals surface area (Å²) < 4.78 is 37.7. The zero-order chi connectivity index (χ0) is 15.1. The van der Waals surface area contributed by atoms with Gasteiger partial charge in [-0.3, -0.25) is 0 Å². The first kappa shape index (κ1) is 18.0. The Balaban J connectivity index is 4.03. The fraction of sp³-hybridized carbons (Fsp3) is 0.909. The van der Waals surface area contributed by atoms with Gasteiger partial charge in [-0.1, -0.05) is 5.16 Å². The molecule has 1 unspecified atom stereocenters. The highest BCUT2D eigenvalue weighted by molar-refractivity contribution is 5.83. The average molecular weight is 284 g/mol. The first-order valence-corrected chi connectivity index (χ1v) is 6.15. The van der Waals surface area contributed by atoms with Crippen molar-refractivity contribution in [2.75, 3.05) is 26.7 Å². The van der Waals surface area contributed by atoms with E-state index in [1.54, 1.807) is 0 Å². The first-order chi connectivity index (χ1) is 8.70. The lowest BCUT2D eigenvalue weighted by molar-refractivity contribution is -0.154. The van der Waals surface area contributed by atoms with Crippen molar-refractivity contribution in [2.24, 2.45) is 16.8 Å². The number of hydrogen-bond donors (Lipinski definition) is 3. The zero-order valence-corrected chi connectivity index (χ0v) is 11.5. The summed E-state index contributed by atoms with van der Waals surface area (Å²) in [4.78, 5) is 2.10. The van der Waals surface area contributed by atoms with Crippen molar-refractivity contribution in [1.82, 2.24) is 10.2 Å². The summed E-state index contributed by atoms with van der Waals surface area (Å²) in [6.07, 6.45) is -3.78. The van der Waals surface area contributed by atoms with Crippen LogP contribution in [0.4, 0.5) is 13.2 Å². The predicted molar refractivity (Wildman–Crippen MR) is 68.2 cm³/mol. The van der Waals surface area contributed by atoms with Gasteiger partial charge in [0.05, 0.1) is 0 Å². The Kier molecular flexibility index (Phi) is 7.77. The molecule has 0 aliphatic carbocycles. The highest BCUT2D eigenvalue weighted by Gasteiger charge is 2.42. The zero-order valence-electron chi connectivity index (χ0n) is 11.5. The van der Waals surface area contributed by atoms with Gasteiger partial charge < -0.3 is 21.2 Å². The van der Waals surface area contributed by atoms with Gasteiger partial charge in [0.2, 0.25) is 0 Å². The normalized spacial score (nSPS) is 15.3. The first-order valence-electron chi connectivity index (χ1n) is 6.15. The average Bonchev–Trinajstić information content (AvgIpc) is 2.30. The molecular weight excluding hydrogens is 261 g/mol. The Labute approximate surface area is 111 Å².